The lowest BCUT2D eigenvalue weighted by atomic mass is 9.71. The fraction of sp³-hybridized carbons (Fsp3) is 0.647. The van der Waals surface area contributed by atoms with Gasteiger partial charge in [0, 0.05) is 12.5 Å². The highest BCUT2D eigenvalue weighted by Crippen LogP contribution is 2.53. The Morgan fingerprint density at radius 3 is 2.22 bits per heavy atom. The van der Waals surface area contributed by atoms with E-state index in [9.17, 15) is 5.11 Å². The number of fused-ring (bicyclic) bond motifs is 1. The van der Waals surface area contributed by atoms with E-state index in [4.69, 9.17) is 0 Å². The van der Waals surface area contributed by atoms with Gasteiger partial charge in [0.15, 0.2) is 0 Å². The van der Waals surface area contributed by atoms with Gasteiger partial charge in [0.25, 0.3) is 0 Å². The summed E-state index contributed by atoms with van der Waals surface area (Å²) in [5, 5.41) is 9.32. The number of hydrogen-bond donors (Lipinski definition) is 1. The van der Waals surface area contributed by atoms with E-state index < -0.39 is 0 Å². The van der Waals surface area contributed by atoms with E-state index in [-0.39, 0.29) is 23.4 Å². The topological polar surface area (TPSA) is 20.2 Å². The van der Waals surface area contributed by atoms with Crippen molar-refractivity contribution >= 4 is 0 Å². The van der Waals surface area contributed by atoms with Gasteiger partial charge in [0.1, 0.15) is 0 Å². The summed E-state index contributed by atoms with van der Waals surface area (Å²) in [6.07, 6.45) is 0. The van der Waals surface area contributed by atoms with E-state index in [1.165, 1.54) is 16.7 Å². The Morgan fingerprint density at radius 2 is 1.67 bits per heavy atom. The third kappa shape index (κ3) is 1.72. The summed E-state index contributed by atoms with van der Waals surface area (Å²) >= 11 is 0. The molecule has 1 heteroatoms. The Hall–Kier alpha value is -0.820. The second-order valence-electron chi connectivity index (χ2n) is 7.05. The van der Waals surface area contributed by atoms with E-state index in [0.29, 0.717) is 5.92 Å². The summed E-state index contributed by atoms with van der Waals surface area (Å²) in [4.78, 5) is 0. The van der Waals surface area contributed by atoms with Gasteiger partial charge in [-0.2, -0.15) is 0 Å². The summed E-state index contributed by atoms with van der Waals surface area (Å²) in [7, 11) is 0. The fourth-order valence-corrected chi connectivity index (χ4v) is 3.44. The van der Waals surface area contributed by atoms with Crippen LogP contribution < -0.4 is 0 Å². The first kappa shape index (κ1) is 13.6. The SMILES string of the molecule is C[C@H]1C(C)(C)c2ccc([C@@H](C)CO)cc2C1(C)C. The molecule has 0 heterocycles. The molecule has 1 N–H and O–H groups in total. The Balaban J connectivity index is 2.58. The molecule has 0 aliphatic heterocycles. The lowest BCUT2D eigenvalue weighted by Gasteiger charge is -2.32. The summed E-state index contributed by atoms with van der Waals surface area (Å²) in [5.74, 6) is 0.852. The Morgan fingerprint density at radius 1 is 1.11 bits per heavy atom. The zero-order valence-electron chi connectivity index (χ0n) is 12.5. The third-order valence-corrected chi connectivity index (χ3v) is 5.44. The van der Waals surface area contributed by atoms with Crippen molar-refractivity contribution in [2.24, 2.45) is 5.92 Å². The van der Waals surface area contributed by atoms with Crippen LogP contribution in [0.4, 0.5) is 0 Å². The highest BCUT2D eigenvalue weighted by atomic mass is 16.3. The standard InChI is InChI=1S/C17H26O/c1-11(10-18)13-7-8-14-15(9-13)17(5,6)12(2)16(14,3)4/h7-9,11-12,18H,10H2,1-6H3/t11-,12-/m0/s1. The van der Waals surface area contributed by atoms with Crippen molar-refractivity contribution in [3.63, 3.8) is 0 Å². The molecule has 1 nitrogen and oxygen atoms in total. The van der Waals surface area contributed by atoms with Crippen LogP contribution in [0, 0.1) is 5.92 Å². The van der Waals surface area contributed by atoms with Crippen molar-refractivity contribution < 1.29 is 5.11 Å². The molecule has 0 fully saturated rings. The number of hydrogen-bond acceptors (Lipinski definition) is 1. The van der Waals surface area contributed by atoms with E-state index in [2.05, 4.69) is 59.7 Å². The first-order chi connectivity index (χ1) is 8.22. The smallest absolute Gasteiger partial charge is 0.0497 e. The quantitative estimate of drug-likeness (QED) is 0.836. The van der Waals surface area contributed by atoms with Gasteiger partial charge in [-0.25, -0.2) is 0 Å². The molecule has 0 spiro atoms. The molecular formula is C17H26O. The van der Waals surface area contributed by atoms with Crippen LogP contribution in [-0.2, 0) is 10.8 Å². The summed E-state index contributed by atoms with van der Waals surface area (Å²) < 4.78 is 0. The van der Waals surface area contributed by atoms with Gasteiger partial charge < -0.3 is 5.11 Å². The molecule has 0 unspecified atom stereocenters. The zero-order chi connectivity index (χ0) is 13.7. The molecule has 1 aliphatic rings. The van der Waals surface area contributed by atoms with Crippen molar-refractivity contribution in [2.45, 2.75) is 58.3 Å². The zero-order valence-corrected chi connectivity index (χ0v) is 12.5. The van der Waals surface area contributed by atoms with Crippen molar-refractivity contribution in [1.82, 2.24) is 0 Å². The molecule has 0 amide bonds. The average molecular weight is 246 g/mol. The minimum absolute atomic E-state index is 0.212. The van der Waals surface area contributed by atoms with Gasteiger partial charge in [-0.1, -0.05) is 59.7 Å². The van der Waals surface area contributed by atoms with E-state index in [0.717, 1.165) is 0 Å². The highest BCUT2D eigenvalue weighted by molar-refractivity contribution is 5.48. The van der Waals surface area contributed by atoms with Crippen LogP contribution >= 0.6 is 0 Å². The van der Waals surface area contributed by atoms with Crippen molar-refractivity contribution in [1.29, 1.82) is 0 Å². The largest absolute Gasteiger partial charge is 0.396 e. The van der Waals surface area contributed by atoms with Gasteiger partial charge >= 0.3 is 0 Å². The summed E-state index contributed by atoms with van der Waals surface area (Å²) in [6.45, 7) is 14.0. The maximum Gasteiger partial charge on any atom is 0.0497 e. The van der Waals surface area contributed by atoms with Gasteiger partial charge in [-0.3, -0.25) is 0 Å². The van der Waals surface area contributed by atoms with Crippen LogP contribution in [0.25, 0.3) is 0 Å². The first-order valence-electron chi connectivity index (χ1n) is 6.98. The second kappa shape index (κ2) is 4.09. The Kier molecular flexibility index (Phi) is 3.09. The molecule has 0 saturated carbocycles. The molecule has 2 atom stereocenters. The Bertz CT molecular complexity index is 457. The lowest BCUT2D eigenvalue weighted by Crippen LogP contribution is -2.30. The molecule has 100 valence electrons. The predicted octanol–water partition coefficient (Wildman–Crippen LogP) is 3.99. The number of aliphatic hydroxyl groups excluding tert-OH is 1. The maximum atomic E-state index is 9.32. The molecular weight excluding hydrogens is 220 g/mol. The Labute approximate surface area is 111 Å². The summed E-state index contributed by atoms with van der Waals surface area (Å²) in [5.41, 5.74) is 4.66. The number of benzene rings is 1. The fourth-order valence-electron chi connectivity index (χ4n) is 3.44. The molecule has 1 aromatic carbocycles. The predicted molar refractivity (Wildman–Crippen MR) is 77.2 cm³/mol. The number of rotatable bonds is 2. The van der Waals surface area contributed by atoms with Crippen LogP contribution in [0.5, 0.6) is 0 Å². The third-order valence-electron chi connectivity index (χ3n) is 5.44. The van der Waals surface area contributed by atoms with Crippen LogP contribution in [0.2, 0.25) is 0 Å². The van der Waals surface area contributed by atoms with Gasteiger partial charge in [0.05, 0.1) is 0 Å². The van der Waals surface area contributed by atoms with Crippen LogP contribution in [-0.4, -0.2) is 11.7 Å². The summed E-state index contributed by atoms with van der Waals surface area (Å²) in [6, 6.07) is 6.79. The van der Waals surface area contributed by atoms with Gasteiger partial charge in [0.2, 0.25) is 0 Å². The average Bonchev–Trinajstić information content (AvgIpc) is 2.47. The molecule has 0 saturated heterocycles. The van der Waals surface area contributed by atoms with Crippen molar-refractivity contribution in [3.8, 4) is 0 Å². The van der Waals surface area contributed by atoms with Crippen molar-refractivity contribution in [2.75, 3.05) is 6.61 Å². The number of aliphatic hydroxyl groups is 1. The molecule has 2 rings (SSSR count). The van der Waals surface area contributed by atoms with Crippen LogP contribution in [0.15, 0.2) is 18.2 Å². The van der Waals surface area contributed by atoms with Gasteiger partial charge in [-0.15, -0.1) is 0 Å². The molecule has 0 aromatic heterocycles. The lowest BCUT2D eigenvalue weighted by molar-refractivity contribution is 0.263. The van der Waals surface area contributed by atoms with Gasteiger partial charge in [-0.05, 0) is 33.4 Å². The minimum Gasteiger partial charge on any atom is -0.396 e. The minimum atomic E-state index is 0.212. The second-order valence-corrected chi connectivity index (χ2v) is 7.05. The molecule has 18 heavy (non-hydrogen) atoms. The van der Waals surface area contributed by atoms with Crippen LogP contribution in [0.1, 0.15) is 64.2 Å². The van der Waals surface area contributed by atoms with Crippen molar-refractivity contribution in [3.05, 3.63) is 34.9 Å². The van der Waals surface area contributed by atoms with E-state index in [1.807, 2.05) is 0 Å². The highest BCUT2D eigenvalue weighted by Gasteiger charge is 2.48. The van der Waals surface area contributed by atoms with E-state index in [1.54, 1.807) is 0 Å². The molecule has 1 aliphatic carbocycles. The molecule has 1 aromatic rings. The van der Waals surface area contributed by atoms with E-state index >= 15 is 0 Å². The maximum absolute atomic E-state index is 9.32. The van der Waals surface area contributed by atoms with Crippen LogP contribution in [0.3, 0.4) is 0 Å². The monoisotopic (exact) mass is 246 g/mol. The normalized spacial score (nSPS) is 25.8. The first-order valence-corrected chi connectivity index (χ1v) is 6.98. The molecule has 0 bridgehead atoms. The molecule has 0 radical (unpaired) electrons.